The lowest BCUT2D eigenvalue weighted by molar-refractivity contribution is -0.111. The van der Waals surface area contributed by atoms with Crippen LogP contribution in [0.5, 0.6) is 17.2 Å². The Labute approximate surface area is 179 Å². The minimum Gasteiger partial charge on any atom is -0.497 e. The number of carbonyl (C=O) groups excluding carboxylic acids is 2. The molecule has 0 aromatic heterocycles. The number of amides is 2. The molecule has 1 heterocycles. The van der Waals surface area contributed by atoms with Gasteiger partial charge in [-0.05, 0) is 48.0 Å². The molecule has 7 nitrogen and oxygen atoms in total. The van der Waals surface area contributed by atoms with Crippen molar-refractivity contribution >= 4 is 29.3 Å². The van der Waals surface area contributed by atoms with E-state index in [1.165, 1.54) is 6.08 Å². The Morgan fingerprint density at radius 2 is 1.71 bits per heavy atom. The summed E-state index contributed by atoms with van der Waals surface area (Å²) in [6, 6.07) is 19.3. The number of hydrogen-bond donors (Lipinski definition) is 2. The van der Waals surface area contributed by atoms with Crippen LogP contribution in [0.3, 0.4) is 0 Å². The summed E-state index contributed by atoms with van der Waals surface area (Å²) < 4.78 is 15.7. The molecule has 1 aliphatic rings. The van der Waals surface area contributed by atoms with Gasteiger partial charge in [0.05, 0.1) is 18.4 Å². The van der Waals surface area contributed by atoms with Crippen molar-refractivity contribution < 1.29 is 23.8 Å². The van der Waals surface area contributed by atoms with Gasteiger partial charge < -0.3 is 24.8 Å². The summed E-state index contributed by atoms with van der Waals surface area (Å²) in [6.07, 6.45) is 3.10. The lowest BCUT2D eigenvalue weighted by Crippen LogP contribution is -2.17. The van der Waals surface area contributed by atoms with Gasteiger partial charge in [0.25, 0.3) is 5.91 Å². The van der Waals surface area contributed by atoms with Gasteiger partial charge in [-0.3, -0.25) is 9.59 Å². The number of nitrogens with one attached hydrogen (secondary N) is 2. The number of anilines is 2. The van der Waals surface area contributed by atoms with Crippen LogP contribution in [0, 0.1) is 0 Å². The van der Waals surface area contributed by atoms with Crippen molar-refractivity contribution in [3.63, 3.8) is 0 Å². The summed E-state index contributed by atoms with van der Waals surface area (Å²) in [5.41, 5.74) is 2.16. The smallest absolute Gasteiger partial charge is 0.257 e. The molecule has 0 bridgehead atoms. The Kier molecular flexibility index (Phi) is 5.84. The normalized spacial score (nSPS) is 11.9. The summed E-state index contributed by atoms with van der Waals surface area (Å²) in [5, 5.41) is 5.57. The van der Waals surface area contributed by atoms with Crippen LogP contribution >= 0.6 is 0 Å². The second kappa shape index (κ2) is 9.04. The van der Waals surface area contributed by atoms with Crippen LogP contribution in [0.15, 0.2) is 72.8 Å². The quantitative estimate of drug-likeness (QED) is 0.584. The van der Waals surface area contributed by atoms with Gasteiger partial charge in [0.15, 0.2) is 11.5 Å². The van der Waals surface area contributed by atoms with E-state index in [0.717, 1.165) is 11.3 Å². The van der Waals surface area contributed by atoms with E-state index in [1.807, 2.05) is 24.3 Å². The van der Waals surface area contributed by atoms with Crippen LogP contribution in [0.1, 0.15) is 15.9 Å². The average molecular weight is 416 g/mol. The number of methoxy groups -OCH3 is 1. The standard InChI is InChI=1S/C24H20N2O5/c1-29-18-10-6-16(7-11-18)8-13-23(27)26-20-5-3-2-4-19(20)24(28)25-17-9-12-21-22(14-17)31-15-30-21/h2-14H,15H2,1H3,(H,25,28)(H,26,27)/b13-8+. The Hall–Kier alpha value is -4.26. The highest BCUT2D eigenvalue weighted by Crippen LogP contribution is 2.34. The van der Waals surface area contributed by atoms with Gasteiger partial charge in [0.1, 0.15) is 5.75 Å². The number of para-hydroxylation sites is 1. The summed E-state index contributed by atoms with van der Waals surface area (Å²) in [6.45, 7) is 0.158. The predicted octanol–water partition coefficient (Wildman–Crippen LogP) is 4.33. The van der Waals surface area contributed by atoms with Crippen LogP contribution in [-0.2, 0) is 4.79 Å². The first-order valence-corrected chi connectivity index (χ1v) is 9.55. The second-order valence-corrected chi connectivity index (χ2v) is 6.66. The van der Waals surface area contributed by atoms with Crippen molar-refractivity contribution in [2.45, 2.75) is 0 Å². The molecular formula is C24H20N2O5. The van der Waals surface area contributed by atoms with E-state index in [2.05, 4.69) is 10.6 Å². The number of ether oxygens (including phenoxy) is 3. The van der Waals surface area contributed by atoms with Crippen molar-refractivity contribution in [2.24, 2.45) is 0 Å². The molecule has 0 aliphatic carbocycles. The lowest BCUT2D eigenvalue weighted by atomic mass is 10.1. The molecule has 2 amide bonds. The molecule has 0 atom stereocenters. The van der Waals surface area contributed by atoms with Gasteiger partial charge in [-0.1, -0.05) is 24.3 Å². The highest BCUT2D eigenvalue weighted by molar-refractivity contribution is 6.11. The maximum atomic E-state index is 12.8. The van der Waals surface area contributed by atoms with Crippen molar-refractivity contribution in [1.29, 1.82) is 0 Å². The summed E-state index contributed by atoms with van der Waals surface area (Å²) in [4.78, 5) is 25.2. The zero-order valence-corrected chi connectivity index (χ0v) is 16.8. The lowest BCUT2D eigenvalue weighted by Gasteiger charge is -2.11. The first-order chi connectivity index (χ1) is 15.1. The fourth-order valence-corrected chi connectivity index (χ4v) is 3.02. The Morgan fingerprint density at radius 1 is 0.935 bits per heavy atom. The minimum absolute atomic E-state index is 0.158. The molecule has 1 aliphatic heterocycles. The second-order valence-electron chi connectivity index (χ2n) is 6.66. The minimum atomic E-state index is -0.353. The Bertz CT molecular complexity index is 1140. The average Bonchev–Trinajstić information content (AvgIpc) is 3.26. The van der Waals surface area contributed by atoms with E-state index in [9.17, 15) is 9.59 Å². The monoisotopic (exact) mass is 416 g/mol. The van der Waals surface area contributed by atoms with Crippen LogP contribution in [0.2, 0.25) is 0 Å². The number of benzene rings is 3. The molecule has 31 heavy (non-hydrogen) atoms. The maximum absolute atomic E-state index is 12.8. The number of hydrogen-bond acceptors (Lipinski definition) is 5. The van der Waals surface area contributed by atoms with Crippen molar-refractivity contribution in [2.75, 3.05) is 24.5 Å². The highest BCUT2D eigenvalue weighted by Gasteiger charge is 2.16. The Morgan fingerprint density at radius 3 is 2.52 bits per heavy atom. The van der Waals surface area contributed by atoms with Crippen molar-refractivity contribution in [3.05, 3.63) is 83.9 Å². The SMILES string of the molecule is COc1ccc(/C=C/C(=O)Nc2ccccc2C(=O)Nc2ccc3c(c2)OCO3)cc1. The van der Waals surface area contributed by atoms with Gasteiger partial charge in [-0.2, -0.15) is 0 Å². The zero-order chi connectivity index (χ0) is 21.6. The molecule has 0 radical (unpaired) electrons. The zero-order valence-electron chi connectivity index (χ0n) is 16.8. The third kappa shape index (κ3) is 4.84. The summed E-state index contributed by atoms with van der Waals surface area (Å²) in [7, 11) is 1.60. The van der Waals surface area contributed by atoms with E-state index < -0.39 is 0 Å². The molecular weight excluding hydrogens is 396 g/mol. The number of fused-ring (bicyclic) bond motifs is 1. The van der Waals surface area contributed by atoms with Crippen molar-refractivity contribution in [1.82, 2.24) is 0 Å². The first kappa shape index (κ1) is 20.0. The molecule has 7 heteroatoms. The molecule has 0 unspecified atom stereocenters. The van der Waals surface area contributed by atoms with Crippen molar-refractivity contribution in [3.8, 4) is 17.2 Å². The van der Waals surface area contributed by atoms with Gasteiger partial charge in [-0.25, -0.2) is 0 Å². The van der Waals surface area contributed by atoms with E-state index in [4.69, 9.17) is 14.2 Å². The summed E-state index contributed by atoms with van der Waals surface area (Å²) >= 11 is 0. The van der Waals surface area contributed by atoms with Crippen LogP contribution < -0.4 is 24.8 Å². The van der Waals surface area contributed by atoms with E-state index in [0.29, 0.717) is 28.4 Å². The topological polar surface area (TPSA) is 85.9 Å². The molecule has 4 rings (SSSR count). The van der Waals surface area contributed by atoms with E-state index >= 15 is 0 Å². The molecule has 2 N–H and O–H groups in total. The van der Waals surface area contributed by atoms with Gasteiger partial charge >= 0.3 is 0 Å². The molecule has 0 fully saturated rings. The third-order valence-corrected chi connectivity index (χ3v) is 4.60. The maximum Gasteiger partial charge on any atom is 0.257 e. The van der Waals surface area contributed by atoms with E-state index in [1.54, 1.807) is 55.7 Å². The van der Waals surface area contributed by atoms with Gasteiger partial charge in [0.2, 0.25) is 12.7 Å². The fraction of sp³-hybridized carbons (Fsp3) is 0.0833. The molecule has 0 saturated carbocycles. The van der Waals surface area contributed by atoms with E-state index in [-0.39, 0.29) is 18.6 Å². The number of carbonyl (C=O) groups is 2. The Balaban J connectivity index is 1.44. The van der Waals surface area contributed by atoms with Crippen LogP contribution in [0.4, 0.5) is 11.4 Å². The predicted molar refractivity (Wildman–Crippen MR) is 118 cm³/mol. The molecule has 0 saturated heterocycles. The molecule has 156 valence electrons. The fourth-order valence-electron chi connectivity index (χ4n) is 3.02. The van der Waals surface area contributed by atoms with Gasteiger partial charge in [0, 0.05) is 17.8 Å². The van der Waals surface area contributed by atoms with Crippen LogP contribution in [0.25, 0.3) is 6.08 Å². The largest absolute Gasteiger partial charge is 0.497 e. The molecule has 0 spiro atoms. The molecule has 3 aromatic carbocycles. The third-order valence-electron chi connectivity index (χ3n) is 4.60. The first-order valence-electron chi connectivity index (χ1n) is 9.55. The van der Waals surface area contributed by atoms with Gasteiger partial charge in [-0.15, -0.1) is 0 Å². The number of rotatable bonds is 6. The van der Waals surface area contributed by atoms with Crippen LogP contribution in [-0.4, -0.2) is 25.7 Å². The molecule has 3 aromatic rings. The highest BCUT2D eigenvalue weighted by atomic mass is 16.7. The summed E-state index contributed by atoms with van der Waals surface area (Å²) in [5.74, 6) is 1.24.